The van der Waals surface area contributed by atoms with Gasteiger partial charge in [0.2, 0.25) is 4.96 Å². The smallest absolute Gasteiger partial charge is 0.335 e. The molecule has 2 aromatic carbocycles. The van der Waals surface area contributed by atoms with Crippen molar-refractivity contribution in [1.82, 2.24) is 14.6 Å². The van der Waals surface area contributed by atoms with Crippen LogP contribution in [0.4, 0.5) is 0 Å². The van der Waals surface area contributed by atoms with Gasteiger partial charge in [-0.2, -0.15) is 9.50 Å². The fourth-order valence-corrected chi connectivity index (χ4v) is 4.12. The zero-order valence-electron chi connectivity index (χ0n) is 17.4. The molecule has 0 fully saturated rings. The number of carboxylic acid groups (broad SMARTS) is 1. The average Bonchev–Trinajstić information content (AvgIpc) is 3.51. The molecule has 164 valence electrons. The van der Waals surface area contributed by atoms with Gasteiger partial charge in [0.05, 0.1) is 5.56 Å². The van der Waals surface area contributed by atoms with E-state index in [1.165, 1.54) is 28.0 Å². The zero-order valence-corrected chi connectivity index (χ0v) is 18.2. The third kappa shape index (κ3) is 4.26. The van der Waals surface area contributed by atoms with Gasteiger partial charge in [0.15, 0.2) is 5.82 Å². The minimum Gasteiger partial charge on any atom is -0.486 e. The molecule has 0 saturated heterocycles. The number of carbonyl (C=O) groups is 1. The molecule has 0 aliphatic rings. The number of rotatable bonds is 6. The minimum atomic E-state index is -0.987. The molecule has 0 unspecified atom stereocenters. The highest BCUT2D eigenvalue weighted by Gasteiger charge is 2.12. The molecular weight excluding hydrogens is 442 g/mol. The number of aryl methyl sites for hydroxylation is 1. The number of hydrogen-bond donors (Lipinski definition) is 1. The quantitative estimate of drug-likeness (QED) is 0.414. The first-order chi connectivity index (χ1) is 16.0. The molecule has 8 nitrogen and oxygen atoms in total. The largest absolute Gasteiger partial charge is 0.486 e. The van der Waals surface area contributed by atoms with Crippen LogP contribution in [0, 0.1) is 6.92 Å². The van der Waals surface area contributed by atoms with Crippen molar-refractivity contribution in [3.63, 3.8) is 0 Å². The molecule has 0 saturated carbocycles. The zero-order chi connectivity index (χ0) is 22.9. The normalized spacial score (nSPS) is 11.8. The Morgan fingerprint density at radius 3 is 2.58 bits per heavy atom. The second-order valence-corrected chi connectivity index (χ2v) is 8.33. The lowest BCUT2D eigenvalue weighted by Gasteiger charge is -2.03. The Labute approximate surface area is 191 Å². The molecule has 5 aromatic rings. The van der Waals surface area contributed by atoms with Gasteiger partial charge in [-0.15, -0.1) is 5.10 Å². The summed E-state index contributed by atoms with van der Waals surface area (Å²) in [5, 5.41) is 13.3. The number of hydrogen-bond acceptors (Lipinski definition) is 7. The molecule has 0 bridgehead atoms. The number of thiazole rings is 1. The Morgan fingerprint density at radius 1 is 1.12 bits per heavy atom. The van der Waals surface area contributed by atoms with E-state index in [1.807, 2.05) is 31.2 Å². The predicted molar refractivity (Wildman–Crippen MR) is 123 cm³/mol. The molecule has 0 atom stereocenters. The Bertz CT molecular complexity index is 1560. The second-order valence-electron chi connectivity index (χ2n) is 7.32. The summed E-state index contributed by atoms with van der Waals surface area (Å²) >= 11 is 1.21. The van der Waals surface area contributed by atoms with E-state index in [0.717, 1.165) is 11.1 Å². The van der Waals surface area contributed by atoms with E-state index in [0.29, 0.717) is 32.6 Å². The van der Waals surface area contributed by atoms with Gasteiger partial charge in [0.25, 0.3) is 5.56 Å². The first kappa shape index (κ1) is 20.7. The number of aromatic nitrogens is 3. The van der Waals surface area contributed by atoms with Gasteiger partial charge in [-0.1, -0.05) is 41.2 Å². The van der Waals surface area contributed by atoms with E-state index in [2.05, 4.69) is 10.1 Å². The van der Waals surface area contributed by atoms with Crippen molar-refractivity contribution in [3.8, 4) is 17.1 Å². The van der Waals surface area contributed by atoms with E-state index in [1.54, 1.807) is 30.3 Å². The lowest BCUT2D eigenvalue weighted by atomic mass is 10.1. The van der Waals surface area contributed by atoms with Crippen molar-refractivity contribution in [2.75, 3.05) is 0 Å². The maximum atomic E-state index is 12.7. The lowest BCUT2D eigenvalue weighted by molar-refractivity contribution is 0.0697. The summed E-state index contributed by atoms with van der Waals surface area (Å²) in [6.07, 6.45) is 1.64. The fraction of sp³-hybridized carbons (Fsp3) is 0.0833. The Balaban J connectivity index is 1.35. The van der Waals surface area contributed by atoms with Crippen LogP contribution >= 0.6 is 11.3 Å². The van der Waals surface area contributed by atoms with Crippen LogP contribution < -0.4 is 14.8 Å². The highest BCUT2D eigenvalue weighted by molar-refractivity contribution is 7.15. The number of benzene rings is 2. The average molecular weight is 459 g/mol. The van der Waals surface area contributed by atoms with Gasteiger partial charge in [0, 0.05) is 11.6 Å². The van der Waals surface area contributed by atoms with Crippen LogP contribution in [0.1, 0.15) is 27.5 Å². The maximum Gasteiger partial charge on any atom is 0.335 e. The third-order valence-electron chi connectivity index (χ3n) is 4.93. The van der Waals surface area contributed by atoms with Crippen LogP contribution in [0.2, 0.25) is 0 Å². The summed E-state index contributed by atoms with van der Waals surface area (Å²) in [7, 11) is 0. The number of ether oxygens (including phenoxy) is 1. The molecule has 3 aromatic heterocycles. The van der Waals surface area contributed by atoms with Crippen molar-refractivity contribution in [1.29, 1.82) is 0 Å². The van der Waals surface area contributed by atoms with Crippen LogP contribution in [-0.2, 0) is 6.61 Å². The Hall–Kier alpha value is -4.24. The van der Waals surface area contributed by atoms with Gasteiger partial charge in [-0.3, -0.25) is 4.79 Å². The SMILES string of the molecule is Cc1ccc(OCc2nc3s/c(=C\c4ccc(-c5ccc(C(=O)O)cc5)o4)c(=O)n3n2)cc1. The summed E-state index contributed by atoms with van der Waals surface area (Å²) < 4.78 is 13.2. The van der Waals surface area contributed by atoms with E-state index in [4.69, 9.17) is 14.3 Å². The summed E-state index contributed by atoms with van der Waals surface area (Å²) in [5.74, 6) is 1.22. The molecule has 5 rings (SSSR count). The topological polar surface area (TPSA) is 107 Å². The molecule has 33 heavy (non-hydrogen) atoms. The number of fused-ring (bicyclic) bond motifs is 1. The standard InChI is InChI=1S/C24H17N3O5S/c1-14-2-8-17(9-3-14)31-13-21-25-24-27(26-21)22(28)20(33-24)12-18-10-11-19(32-18)15-4-6-16(7-5-15)23(29)30/h2-12H,13H2,1H3,(H,29,30)/b20-12-. The first-order valence-electron chi connectivity index (χ1n) is 9.99. The van der Waals surface area contributed by atoms with Crippen molar-refractivity contribution in [3.05, 3.63) is 98.3 Å². The summed E-state index contributed by atoms with van der Waals surface area (Å²) in [4.78, 5) is 28.6. The van der Waals surface area contributed by atoms with Crippen LogP contribution in [0.3, 0.4) is 0 Å². The molecule has 0 amide bonds. The van der Waals surface area contributed by atoms with Gasteiger partial charge in [0.1, 0.15) is 28.4 Å². The van der Waals surface area contributed by atoms with Gasteiger partial charge >= 0.3 is 5.97 Å². The highest BCUT2D eigenvalue weighted by atomic mass is 32.1. The summed E-state index contributed by atoms with van der Waals surface area (Å²) in [5.41, 5.74) is 1.80. The van der Waals surface area contributed by atoms with Crippen molar-refractivity contribution >= 4 is 28.3 Å². The van der Waals surface area contributed by atoms with Gasteiger partial charge in [-0.05, 0) is 43.3 Å². The van der Waals surface area contributed by atoms with Crippen LogP contribution in [0.25, 0.3) is 22.4 Å². The highest BCUT2D eigenvalue weighted by Crippen LogP contribution is 2.23. The molecule has 0 spiro atoms. The molecule has 9 heteroatoms. The van der Waals surface area contributed by atoms with E-state index >= 15 is 0 Å². The summed E-state index contributed by atoms with van der Waals surface area (Å²) in [6.45, 7) is 2.17. The molecular formula is C24H17N3O5S. The van der Waals surface area contributed by atoms with E-state index in [9.17, 15) is 9.59 Å². The van der Waals surface area contributed by atoms with E-state index in [-0.39, 0.29) is 17.7 Å². The van der Waals surface area contributed by atoms with Crippen molar-refractivity contribution in [2.24, 2.45) is 0 Å². The third-order valence-corrected chi connectivity index (χ3v) is 5.89. The molecule has 0 aliphatic carbocycles. The molecule has 0 aliphatic heterocycles. The predicted octanol–water partition coefficient (Wildman–Crippen LogP) is 3.54. The van der Waals surface area contributed by atoms with Crippen LogP contribution in [0.5, 0.6) is 5.75 Å². The second kappa shape index (κ2) is 8.36. The summed E-state index contributed by atoms with van der Waals surface area (Å²) in [6, 6.07) is 17.5. The van der Waals surface area contributed by atoms with Crippen LogP contribution in [-0.4, -0.2) is 25.7 Å². The van der Waals surface area contributed by atoms with E-state index < -0.39 is 5.97 Å². The number of nitrogens with zero attached hydrogens (tertiary/aromatic N) is 3. The van der Waals surface area contributed by atoms with Crippen molar-refractivity contribution in [2.45, 2.75) is 13.5 Å². The number of aromatic carboxylic acids is 1. The minimum absolute atomic E-state index is 0.165. The molecule has 0 radical (unpaired) electrons. The first-order valence-corrected chi connectivity index (χ1v) is 10.8. The van der Waals surface area contributed by atoms with Crippen LogP contribution in [0.15, 0.2) is 69.9 Å². The maximum absolute atomic E-state index is 12.7. The fourth-order valence-electron chi connectivity index (χ4n) is 3.21. The lowest BCUT2D eigenvalue weighted by Crippen LogP contribution is -2.23. The number of furan rings is 1. The molecule has 1 N–H and O–H groups in total. The van der Waals surface area contributed by atoms with Crippen molar-refractivity contribution < 1.29 is 19.1 Å². The Kier molecular flexibility index (Phi) is 5.23. The monoisotopic (exact) mass is 459 g/mol. The van der Waals surface area contributed by atoms with Gasteiger partial charge in [-0.25, -0.2) is 4.79 Å². The Morgan fingerprint density at radius 2 is 1.88 bits per heavy atom. The molecule has 3 heterocycles. The van der Waals surface area contributed by atoms with Gasteiger partial charge < -0.3 is 14.3 Å². The number of carboxylic acids is 1.